The molecule has 1 unspecified atom stereocenters. The van der Waals surface area contributed by atoms with Gasteiger partial charge in [-0.3, -0.25) is 9.59 Å². The van der Waals surface area contributed by atoms with Crippen LogP contribution >= 0.6 is 0 Å². The number of ether oxygens (including phenoxy) is 1. The lowest BCUT2D eigenvalue weighted by atomic mass is 10.1. The third kappa shape index (κ3) is 6.66. The van der Waals surface area contributed by atoms with E-state index in [4.69, 9.17) is 10.5 Å². The number of carbonyl (C=O) groups is 3. The minimum absolute atomic E-state index is 0.00221. The van der Waals surface area contributed by atoms with Crippen LogP contribution in [0.5, 0.6) is 0 Å². The van der Waals surface area contributed by atoms with E-state index >= 15 is 0 Å². The van der Waals surface area contributed by atoms with Crippen LogP contribution in [0.25, 0.3) is 0 Å². The van der Waals surface area contributed by atoms with Crippen molar-refractivity contribution in [3.63, 3.8) is 0 Å². The van der Waals surface area contributed by atoms with Gasteiger partial charge >= 0.3 is 6.09 Å². The number of carbonyl (C=O) groups excluding carboxylic acids is 3. The molecule has 8 nitrogen and oxygen atoms in total. The number of hydrogen-bond acceptors (Lipinski definition) is 5. The van der Waals surface area contributed by atoms with E-state index in [1.807, 2.05) is 13.8 Å². The van der Waals surface area contributed by atoms with Gasteiger partial charge in [0.15, 0.2) is 0 Å². The van der Waals surface area contributed by atoms with E-state index < -0.39 is 12.1 Å². The third-order valence-corrected chi connectivity index (χ3v) is 3.26. The van der Waals surface area contributed by atoms with Crippen molar-refractivity contribution in [3.05, 3.63) is 29.8 Å². The molecule has 1 rings (SSSR count). The first-order valence-corrected chi connectivity index (χ1v) is 7.60. The number of benzene rings is 1. The van der Waals surface area contributed by atoms with E-state index in [1.54, 1.807) is 24.3 Å². The topological polar surface area (TPSA) is 123 Å². The summed E-state index contributed by atoms with van der Waals surface area (Å²) < 4.78 is 4.91. The van der Waals surface area contributed by atoms with Crippen LogP contribution in [-0.4, -0.2) is 37.5 Å². The molecule has 0 aliphatic carbocycles. The number of nitrogens with two attached hydrogens (primary N) is 1. The second-order valence-electron chi connectivity index (χ2n) is 5.56. The molecule has 0 bridgehead atoms. The Morgan fingerprint density at radius 1 is 1.17 bits per heavy atom. The normalized spacial score (nSPS) is 11.5. The molecule has 0 heterocycles. The number of amides is 3. The zero-order valence-electron chi connectivity index (χ0n) is 14.1. The Morgan fingerprint density at radius 3 is 2.33 bits per heavy atom. The fourth-order valence-electron chi connectivity index (χ4n) is 1.70. The number of nitrogens with one attached hydrogen (secondary N) is 3. The highest BCUT2D eigenvalue weighted by atomic mass is 16.5. The largest absolute Gasteiger partial charge is 0.445 e. The van der Waals surface area contributed by atoms with Crippen molar-refractivity contribution in [2.75, 3.05) is 18.9 Å². The van der Waals surface area contributed by atoms with E-state index in [-0.39, 0.29) is 30.9 Å². The minimum Gasteiger partial charge on any atom is -0.445 e. The summed E-state index contributed by atoms with van der Waals surface area (Å²) in [6, 6.07) is 6.18. The molecule has 0 radical (unpaired) electrons. The minimum atomic E-state index is -0.641. The van der Waals surface area contributed by atoms with Crippen LogP contribution in [0.1, 0.15) is 19.4 Å². The van der Waals surface area contributed by atoms with Gasteiger partial charge in [0.1, 0.15) is 6.61 Å². The van der Waals surface area contributed by atoms with Crippen LogP contribution in [0.4, 0.5) is 10.5 Å². The maximum Gasteiger partial charge on any atom is 0.407 e. The summed E-state index contributed by atoms with van der Waals surface area (Å²) in [7, 11) is 1.48. The summed E-state index contributed by atoms with van der Waals surface area (Å²) in [5.41, 5.74) is 7.05. The van der Waals surface area contributed by atoms with Crippen molar-refractivity contribution in [1.82, 2.24) is 10.6 Å². The number of alkyl carbamates (subject to hydrolysis) is 1. The van der Waals surface area contributed by atoms with Gasteiger partial charge in [0.2, 0.25) is 11.8 Å². The molecule has 24 heavy (non-hydrogen) atoms. The lowest BCUT2D eigenvalue weighted by Crippen LogP contribution is -2.46. The Kier molecular flexibility index (Phi) is 7.70. The molecule has 0 aliphatic rings. The molecule has 0 saturated carbocycles. The summed E-state index contributed by atoms with van der Waals surface area (Å²) in [4.78, 5) is 34.5. The van der Waals surface area contributed by atoms with Gasteiger partial charge in [-0.05, 0) is 23.6 Å². The fraction of sp³-hybridized carbons (Fsp3) is 0.438. The molecule has 5 N–H and O–H groups in total. The van der Waals surface area contributed by atoms with Crippen molar-refractivity contribution in [2.24, 2.45) is 11.7 Å². The Morgan fingerprint density at radius 2 is 1.79 bits per heavy atom. The molecule has 1 aromatic carbocycles. The SMILES string of the molecule is CNC(=O)OCc1ccc(NC(=O)CNC(=O)C(N)C(C)C)cc1. The molecule has 1 aromatic rings. The fourth-order valence-corrected chi connectivity index (χ4v) is 1.70. The zero-order valence-corrected chi connectivity index (χ0v) is 14.1. The first-order chi connectivity index (χ1) is 11.3. The number of rotatable bonds is 7. The maximum atomic E-state index is 11.8. The predicted octanol–water partition coefficient (Wildman–Crippen LogP) is 0.581. The Balaban J connectivity index is 2.42. The molecule has 132 valence electrons. The first-order valence-electron chi connectivity index (χ1n) is 7.60. The molecule has 0 aliphatic heterocycles. The van der Waals surface area contributed by atoms with E-state index in [2.05, 4.69) is 16.0 Å². The van der Waals surface area contributed by atoms with E-state index in [1.165, 1.54) is 7.05 Å². The maximum absolute atomic E-state index is 11.8. The second kappa shape index (κ2) is 9.51. The third-order valence-electron chi connectivity index (χ3n) is 3.26. The molecule has 3 amide bonds. The van der Waals surface area contributed by atoms with Gasteiger partial charge in [0.25, 0.3) is 0 Å². The Labute approximate surface area is 141 Å². The highest BCUT2D eigenvalue weighted by Crippen LogP contribution is 2.10. The Bertz CT molecular complexity index is 572. The zero-order chi connectivity index (χ0) is 18.1. The van der Waals surface area contributed by atoms with Gasteiger partial charge in [-0.25, -0.2) is 4.79 Å². The van der Waals surface area contributed by atoms with Crippen LogP contribution in [0.3, 0.4) is 0 Å². The van der Waals surface area contributed by atoms with E-state index in [9.17, 15) is 14.4 Å². The molecular weight excluding hydrogens is 312 g/mol. The van der Waals surface area contributed by atoms with Gasteiger partial charge in [-0.2, -0.15) is 0 Å². The van der Waals surface area contributed by atoms with Crippen LogP contribution in [0, 0.1) is 5.92 Å². The summed E-state index contributed by atoms with van der Waals surface area (Å²) >= 11 is 0. The molecule has 1 atom stereocenters. The number of anilines is 1. The van der Waals surface area contributed by atoms with Crippen molar-refractivity contribution in [2.45, 2.75) is 26.5 Å². The summed E-state index contributed by atoms with van der Waals surface area (Å²) in [5, 5.41) is 7.50. The van der Waals surface area contributed by atoms with Crippen LogP contribution in [0.15, 0.2) is 24.3 Å². The van der Waals surface area contributed by atoms with Gasteiger partial charge in [-0.15, -0.1) is 0 Å². The molecule has 8 heteroatoms. The lowest BCUT2D eigenvalue weighted by Gasteiger charge is -2.15. The second-order valence-corrected chi connectivity index (χ2v) is 5.56. The van der Waals surface area contributed by atoms with Crippen molar-refractivity contribution < 1.29 is 19.1 Å². The molecule has 0 saturated heterocycles. The summed E-state index contributed by atoms with van der Waals surface area (Å²) in [6.45, 7) is 3.65. The smallest absolute Gasteiger partial charge is 0.407 e. The van der Waals surface area contributed by atoms with Crippen LogP contribution in [0.2, 0.25) is 0 Å². The van der Waals surface area contributed by atoms with Gasteiger partial charge in [0, 0.05) is 12.7 Å². The molecule has 0 aromatic heterocycles. The summed E-state index contributed by atoms with van der Waals surface area (Å²) in [6.07, 6.45) is -0.511. The Hall–Kier alpha value is -2.61. The molecule has 0 spiro atoms. The van der Waals surface area contributed by atoms with Crippen molar-refractivity contribution in [1.29, 1.82) is 0 Å². The molecule has 0 fully saturated rings. The van der Waals surface area contributed by atoms with Crippen molar-refractivity contribution in [3.8, 4) is 0 Å². The van der Waals surface area contributed by atoms with E-state index in [0.717, 1.165) is 5.56 Å². The first kappa shape index (κ1) is 19.4. The highest BCUT2D eigenvalue weighted by Gasteiger charge is 2.17. The lowest BCUT2D eigenvalue weighted by molar-refractivity contribution is -0.125. The average Bonchev–Trinajstić information content (AvgIpc) is 2.57. The predicted molar refractivity (Wildman–Crippen MR) is 90.1 cm³/mol. The van der Waals surface area contributed by atoms with Crippen LogP contribution in [-0.2, 0) is 20.9 Å². The quantitative estimate of drug-likeness (QED) is 0.580. The monoisotopic (exact) mass is 336 g/mol. The van der Waals surface area contributed by atoms with Gasteiger partial charge < -0.3 is 26.4 Å². The van der Waals surface area contributed by atoms with E-state index in [0.29, 0.717) is 5.69 Å². The average molecular weight is 336 g/mol. The molecular formula is C16H24N4O4. The van der Waals surface area contributed by atoms with Gasteiger partial charge in [0.05, 0.1) is 12.6 Å². The standard InChI is InChI=1S/C16H24N4O4/c1-10(2)14(17)15(22)19-8-13(21)20-12-6-4-11(5-7-12)9-24-16(23)18-3/h4-7,10,14H,8-9,17H2,1-3H3,(H,18,23)(H,19,22)(H,20,21). The number of hydrogen-bond donors (Lipinski definition) is 4. The highest BCUT2D eigenvalue weighted by molar-refractivity contribution is 5.95. The van der Waals surface area contributed by atoms with Crippen LogP contribution < -0.4 is 21.7 Å². The van der Waals surface area contributed by atoms with Crippen molar-refractivity contribution >= 4 is 23.6 Å². The summed E-state index contributed by atoms with van der Waals surface area (Å²) in [5.74, 6) is -0.715. The van der Waals surface area contributed by atoms with Gasteiger partial charge in [-0.1, -0.05) is 26.0 Å².